The fourth-order valence-electron chi connectivity index (χ4n) is 5.88. The average Bonchev–Trinajstić information content (AvgIpc) is 3.37. The first-order valence-corrected chi connectivity index (χ1v) is 11.6. The van der Waals surface area contributed by atoms with Gasteiger partial charge in [-0.1, -0.05) is 18.6 Å². The van der Waals surface area contributed by atoms with Gasteiger partial charge in [-0.25, -0.2) is 0 Å². The van der Waals surface area contributed by atoms with Crippen LogP contribution in [0.2, 0.25) is 0 Å². The van der Waals surface area contributed by atoms with Crippen molar-refractivity contribution in [3.05, 3.63) is 29.3 Å². The van der Waals surface area contributed by atoms with Crippen LogP contribution in [0.15, 0.2) is 23.2 Å². The van der Waals surface area contributed by atoms with Gasteiger partial charge in [0.25, 0.3) is 0 Å². The highest BCUT2D eigenvalue weighted by Gasteiger charge is 2.66. The van der Waals surface area contributed by atoms with Gasteiger partial charge in [-0.2, -0.15) is 0 Å². The van der Waals surface area contributed by atoms with Crippen LogP contribution in [0.4, 0.5) is 0 Å². The molecule has 4 aliphatic rings. The summed E-state index contributed by atoms with van der Waals surface area (Å²) in [4.78, 5) is 4.51. The second-order valence-electron chi connectivity index (χ2n) is 9.44. The third kappa shape index (κ3) is 4.42. The highest BCUT2D eigenvalue weighted by Crippen LogP contribution is 2.62. The molecular weight excluding hydrogens is 505 g/mol. The Morgan fingerprint density at radius 1 is 1.19 bits per heavy atom. The number of aliphatic imine (C=N–C) groups is 1. The number of nitrogens with one attached hydrogen (secondary N) is 2. The van der Waals surface area contributed by atoms with Crippen LogP contribution in [0.5, 0.6) is 5.75 Å². The monoisotopic (exact) mass is 541 g/mol. The van der Waals surface area contributed by atoms with E-state index >= 15 is 0 Å². The maximum absolute atomic E-state index is 6.16. The standard InChI is InChI=1S/C24H35N3O3.HI/c1-16-6-7-17(20(13-16)30-15-18-5-3-11-28-18)14-26-23(25-2)27-21-19-8-12-29-22(19)24(21)9-4-10-24;/h6-7,13,18-19,21-22H,3-5,8-12,14-15H2,1-2H3,(H2,25,26,27);1H. The summed E-state index contributed by atoms with van der Waals surface area (Å²) in [5, 5.41) is 7.27. The fourth-order valence-corrected chi connectivity index (χ4v) is 5.88. The molecule has 2 saturated heterocycles. The number of hydrogen-bond donors (Lipinski definition) is 2. The van der Waals surface area contributed by atoms with Crippen LogP contribution in [-0.4, -0.2) is 51.1 Å². The number of aryl methyl sites for hydroxylation is 1. The highest BCUT2D eigenvalue weighted by atomic mass is 127. The average molecular weight is 541 g/mol. The van der Waals surface area contributed by atoms with E-state index < -0.39 is 0 Å². The smallest absolute Gasteiger partial charge is 0.191 e. The van der Waals surface area contributed by atoms with Crippen LogP contribution in [0.25, 0.3) is 0 Å². The Kier molecular flexibility index (Phi) is 7.33. The van der Waals surface area contributed by atoms with E-state index in [1.807, 2.05) is 7.05 Å². The number of ether oxygens (including phenoxy) is 3. The summed E-state index contributed by atoms with van der Waals surface area (Å²) in [7, 11) is 1.86. The van der Waals surface area contributed by atoms with E-state index in [1.165, 1.54) is 31.2 Å². The van der Waals surface area contributed by atoms with Gasteiger partial charge in [0.05, 0.1) is 12.2 Å². The molecule has 1 spiro atoms. The predicted molar refractivity (Wildman–Crippen MR) is 132 cm³/mol. The molecule has 0 amide bonds. The maximum atomic E-state index is 6.16. The van der Waals surface area contributed by atoms with Gasteiger partial charge >= 0.3 is 0 Å². The first-order chi connectivity index (χ1) is 14.7. The number of halogens is 1. The molecule has 6 nitrogen and oxygen atoms in total. The van der Waals surface area contributed by atoms with Crippen molar-refractivity contribution >= 4 is 29.9 Å². The number of guanidine groups is 1. The molecule has 172 valence electrons. The minimum absolute atomic E-state index is 0. The van der Waals surface area contributed by atoms with E-state index in [0.717, 1.165) is 43.3 Å². The Hall–Kier alpha value is -1.06. The second-order valence-corrected chi connectivity index (χ2v) is 9.44. The third-order valence-electron chi connectivity index (χ3n) is 7.67. The van der Waals surface area contributed by atoms with E-state index in [9.17, 15) is 0 Å². The van der Waals surface area contributed by atoms with Crippen LogP contribution in [-0.2, 0) is 16.0 Å². The lowest BCUT2D eigenvalue weighted by atomic mass is 9.46. The molecule has 2 heterocycles. The van der Waals surface area contributed by atoms with Crippen LogP contribution in [0.1, 0.15) is 49.7 Å². The SMILES string of the molecule is CN=C(NCc1ccc(C)cc1OCC1CCCO1)NC1C2CCOC2C12CCC2.I. The van der Waals surface area contributed by atoms with E-state index in [1.54, 1.807) is 0 Å². The molecular formula is C24H36IN3O3. The van der Waals surface area contributed by atoms with Crippen molar-refractivity contribution in [3.8, 4) is 5.75 Å². The van der Waals surface area contributed by atoms with Crippen molar-refractivity contribution in [2.75, 3.05) is 26.9 Å². The quantitative estimate of drug-likeness (QED) is 0.326. The molecule has 2 aliphatic heterocycles. The summed E-state index contributed by atoms with van der Waals surface area (Å²) >= 11 is 0. The number of nitrogens with zero attached hydrogens (tertiary/aromatic N) is 1. The van der Waals surface area contributed by atoms with Crippen molar-refractivity contribution in [3.63, 3.8) is 0 Å². The van der Waals surface area contributed by atoms with Gasteiger partial charge in [0.2, 0.25) is 0 Å². The molecule has 0 aromatic heterocycles. The van der Waals surface area contributed by atoms with Gasteiger partial charge in [-0.3, -0.25) is 4.99 Å². The molecule has 31 heavy (non-hydrogen) atoms. The largest absolute Gasteiger partial charge is 0.491 e. The Morgan fingerprint density at radius 3 is 2.77 bits per heavy atom. The Bertz CT molecular complexity index is 792. The summed E-state index contributed by atoms with van der Waals surface area (Å²) in [6, 6.07) is 6.90. The molecule has 2 N–H and O–H groups in total. The number of hydrogen-bond acceptors (Lipinski definition) is 4. The number of fused-ring (bicyclic) bond motifs is 2. The van der Waals surface area contributed by atoms with Gasteiger partial charge in [0.1, 0.15) is 12.4 Å². The summed E-state index contributed by atoms with van der Waals surface area (Å²) in [6.45, 7) is 5.18. The van der Waals surface area contributed by atoms with E-state index in [4.69, 9.17) is 14.2 Å². The van der Waals surface area contributed by atoms with Crippen LogP contribution < -0.4 is 15.4 Å². The summed E-state index contributed by atoms with van der Waals surface area (Å²) < 4.78 is 17.9. The topological polar surface area (TPSA) is 64.1 Å². The lowest BCUT2D eigenvalue weighted by molar-refractivity contribution is -0.171. The summed E-state index contributed by atoms with van der Waals surface area (Å²) in [6.07, 6.45) is 7.96. The lowest BCUT2D eigenvalue weighted by Gasteiger charge is -2.63. The number of benzene rings is 1. The molecule has 2 saturated carbocycles. The summed E-state index contributed by atoms with van der Waals surface area (Å²) in [5.74, 6) is 2.45. The van der Waals surface area contributed by atoms with Crippen molar-refractivity contribution in [1.82, 2.24) is 10.6 Å². The van der Waals surface area contributed by atoms with E-state index in [-0.39, 0.29) is 30.1 Å². The van der Waals surface area contributed by atoms with E-state index in [0.29, 0.717) is 36.6 Å². The molecule has 4 fully saturated rings. The zero-order valence-corrected chi connectivity index (χ0v) is 21.0. The zero-order valence-electron chi connectivity index (χ0n) is 18.7. The van der Waals surface area contributed by atoms with Crippen molar-refractivity contribution in [1.29, 1.82) is 0 Å². The lowest BCUT2D eigenvalue weighted by Crippen LogP contribution is -2.72. The molecule has 1 aromatic carbocycles. The molecule has 1 aromatic rings. The van der Waals surface area contributed by atoms with E-state index in [2.05, 4.69) is 40.7 Å². The Morgan fingerprint density at radius 2 is 2.06 bits per heavy atom. The van der Waals surface area contributed by atoms with Crippen molar-refractivity contribution in [2.45, 2.75) is 70.2 Å². The first kappa shape index (κ1) is 23.1. The van der Waals surface area contributed by atoms with Crippen LogP contribution >= 0.6 is 24.0 Å². The van der Waals surface area contributed by atoms with Crippen molar-refractivity contribution in [2.24, 2.45) is 16.3 Å². The highest BCUT2D eigenvalue weighted by molar-refractivity contribution is 14.0. The summed E-state index contributed by atoms with van der Waals surface area (Å²) in [5.41, 5.74) is 2.70. The first-order valence-electron chi connectivity index (χ1n) is 11.6. The minimum atomic E-state index is 0. The second kappa shape index (κ2) is 9.83. The van der Waals surface area contributed by atoms with Crippen LogP contribution in [0, 0.1) is 18.3 Å². The Balaban J connectivity index is 0.00000231. The Labute approximate surface area is 202 Å². The molecule has 4 unspecified atom stereocenters. The molecule has 0 bridgehead atoms. The molecule has 2 aliphatic carbocycles. The molecule has 4 atom stereocenters. The zero-order chi connectivity index (χ0) is 20.6. The van der Waals surface area contributed by atoms with Gasteiger partial charge in [0, 0.05) is 49.7 Å². The van der Waals surface area contributed by atoms with Gasteiger partial charge in [0.15, 0.2) is 5.96 Å². The third-order valence-corrected chi connectivity index (χ3v) is 7.67. The normalized spacial score (nSPS) is 30.7. The van der Waals surface area contributed by atoms with Crippen LogP contribution in [0.3, 0.4) is 0 Å². The number of rotatable bonds is 6. The van der Waals surface area contributed by atoms with Gasteiger partial charge in [-0.05, 0) is 50.7 Å². The maximum Gasteiger partial charge on any atom is 0.191 e. The fraction of sp³-hybridized carbons (Fsp3) is 0.708. The molecule has 5 rings (SSSR count). The molecule has 0 radical (unpaired) electrons. The van der Waals surface area contributed by atoms with Gasteiger partial charge in [-0.15, -0.1) is 24.0 Å². The molecule has 7 heteroatoms. The predicted octanol–water partition coefficient (Wildman–Crippen LogP) is 3.79. The van der Waals surface area contributed by atoms with Crippen molar-refractivity contribution < 1.29 is 14.2 Å². The van der Waals surface area contributed by atoms with Gasteiger partial charge < -0.3 is 24.8 Å². The minimum Gasteiger partial charge on any atom is -0.491 e.